The zero-order chi connectivity index (χ0) is 20.2. The van der Waals surface area contributed by atoms with Crippen LogP contribution < -0.4 is 10.1 Å². The van der Waals surface area contributed by atoms with Gasteiger partial charge >= 0.3 is 0 Å². The lowest BCUT2D eigenvalue weighted by Gasteiger charge is -2.23. The molecule has 1 saturated carbocycles. The molecule has 0 unspecified atom stereocenters. The van der Waals surface area contributed by atoms with Gasteiger partial charge in [-0.15, -0.1) is 0 Å². The zero-order valence-corrected chi connectivity index (χ0v) is 17.3. The van der Waals surface area contributed by atoms with E-state index in [2.05, 4.69) is 24.1 Å². The molecule has 1 N–H and O–H groups in total. The van der Waals surface area contributed by atoms with Crippen LogP contribution in [-0.2, 0) is 4.79 Å². The summed E-state index contributed by atoms with van der Waals surface area (Å²) >= 11 is 0. The summed E-state index contributed by atoms with van der Waals surface area (Å²) in [6.07, 6.45) is 5.44. The number of carbonyl (C=O) groups excluding carboxylic acids is 1. The van der Waals surface area contributed by atoms with Gasteiger partial charge in [0, 0.05) is 25.2 Å². The lowest BCUT2D eigenvalue weighted by atomic mass is 10.0. The van der Waals surface area contributed by atoms with Crippen LogP contribution in [0.15, 0.2) is 47.5 Å². The molecule has 1 fully saturated rings. The molecular formula is C24H29N3O2. The third-order valence-corrected chi connectivity index (χ3v) is 5.83. The second kappa shape index (κ2) is 8.68. The largest absolute Gasteiger partial charge is 0.454 e. The maximum absolute atomic E-state index is 12.5. The Morgan fingerprint density at radius 2 is 1.86 bits per heavy atom. The van der Waals surface area contributed by atoms with Crippen molar-refractivity contribution in [3.63, 3.8) is 0 Å². The first-order valence-electron chi connectivity index (χ1n) is 10.7. The van der Waals surface area contributed by atoms with Crippen LogP contribution in [0.25, 0.3) is 0 Å². The number of fused-ring (bicyclic) bond motifs is 2. The molecule has 2 aromatic rings. The number of benzene rings is 2. The van der Waals surface area contributed by atoms with Crippen LogP contribution in [0, 0.1) is 5.92 Å². The molecule has 1 amide bonds. The number of nitrogens with zero attached hydrogens (tertiary/aromatic N) is 2. The monoisotopic (exact) mass is 391 g/mol. The zero-order valence-electron chi connectivity index (χ0n) is 17.3. The van der Waals surface area contributed by atoms with Crippen LogP contribution in [0.1, 0.15) is 51.5 Å². The van der Waals surface area contributed by atoms with Crippen molar-refractivity contribution in [2.24, 2.45) is 10.9 Å². The lowest BCUT2D eigenvalue weighted by molar-refractivity contribution is -0.117. The highest BCUT2D eigenvalue weighted by Gasteiger charge is 2.23. The minimum absolute atomic E-state index is 0.0935. The Kier molecular flexibility index (Phi) is 5.84. The van der Waals surface area contributed by atoms with Crippen LogP contribution in [0.4, 0.5) is 11.4 Å². The number of para-hydroxylation sites is 2. The van der Waals surface area contributed by atoms with E-state index in [1.54, 1.807) is 0 Å². The molecule has 152 valence electrons. The fourth-order valence-electron chi connectivity index (χ4n) is 4.25. The average molecular weight is 392 g/mol. The molecule has 29 heavy (non-hydrogen) atoms. The van der Waals surface area contributed by atoms with Crippen molar-refractivity contribution in [2.45, 2.75) is 46.0 Å². The molecule has 0 radical (unpaired) electrons. The first kappa shape index (κ1) is 19.5. The second-order valence-corrected chi connectivity index (χ2v) is 7.79. The molecule has 0 bridgehead atoms. The van der Waals surface area contributed by atoms with Gasteiger partial charge in [-0.2, -0.15) is 0 Å². The summed E-state index contributed by atoms with van der Waals surface area (Å²) in [5, 5.41) is 3.09. The second-order valence-electron chi connectivity index (χ2n) is 7.79. The molecule has 5 heteroatoms. The SMILES string of the molecule is CCN(CC)C1=Nc2ccccc2Oc2ccc(NC(=O)CC3CCCC3)cc21. The smallest absolute Gasteiger partial charge is 0.224 e. The van der Waals surface area contributed by atoms with Crippen molar-refractivity contribution < 1.29 is 9.53 Å². The van der Waals surface area contributed by atoms with Gasteiger partial charge < -0.3 is 15.0 Å². The minimum atomic E-state index is 0.0935. The minimum Gasteiger partial charge on any atom is -0.454 e. The maximum Gasteiger partial charge on any atom is 0.224 e. The van der Waals surface area contributed by atoms with E-state index in [0.29, 0.717) is 12.3 Å². The van der Waals surface area contributed by atoms with E-state index in [-0.39, 0.29) is 5.91 Å². The molecule has 0 saturated heterocycles. The molecule has 1 aliphatic carbocycles. The number of carbonyl (C=O) groups is 1. The number of aliphatic imine (C=N–C) groups is 1. The lowest BCUT2D eigenvalue weighted by Crippen LogP contribution is -2.31. The maximum atomic E-state index is 12.5. The van der Waals surface area contributed by atoms with E-state index in [1.165, 1.54) is 25.7 Å². The van der Waals surface area contributed by atoms with E-state index in [9.17, 15) is 4.79 Å². The Bertz CT molecular complexity index is 912. The molecule has 0 aromatic heterocycles. The summed E-state index contributed by atoms with van der Waals surface area (Å²) < 4.78 is 6.19. The predicted molar refractivity (Wildman–Crippen MR) is 117 cm³/mol. The summed E-state index contributed by atoms with van der Waals surface area (Å²) in [4.78, 5) is 19.7. The summed E-state index contributed by atoms with van der Waals surface area (Å²) in [5.41, 5.74) is 2.52. The van der Waals surface area contributed by atoms with Crippen LogP contribution in [-0.4, -0.2) is 29.7 Å². The van der Waals surface area contributed by atoms with Gasteiger partial charge in [0.15, 0.2) is 5.75 Å². The molecule has 1 aliphatic heterocycles. The summed E-state index contributed by atoms with van der Waals surface area (Å²) in [7, 11) is 0. The average Bonchev–Trinajstić information content (AvgIpc) is 3.17. The molecule has 0 spiro atoms. The van der Waals surface area contributed by atoms with Gasteiger partial charge in [-0.05, 0) is 62.9 Å². The van der Waals surface area contributed by atoms with Crippen molar-refractivity contribution in [2.75, 3.05) is 18.4 Å². The van der Waals surface area contributed by atoms with Crippen molar-refractivity contribution in [3.05, 3.63) is 48.0 Å². The number of ether oxygens (including phenoxy) is 1. The highest BCUT2D eigenvalue weighted by molar-refractivity contribution is 6.05. The highest BCUT2D eigenvalue weighted by Crippen LogP contribution is 2.39. The van der Waals surface area contributed by atoms with Gasteiger partial charge in [-0.3, -0.25) is 4.79 Å². The number of amidine groups is 1. The number of nitrogens with one attached hydrogen (secondary N) is 1. The number of amides is 1. The van der Waals surface area contributed by atoms with Crippen LogP contribution in [0.2, 0.25) is 0 Å². The van der Waals surface area contributed by atoms with Gasteiger partial charge in [-0.1, -0.05) is 25.0 Å². The fourth-order valence-corrected chi connectivity index (χ4v) is 4.25. The molecule has 4 rings (SSSR count). The number of hydrogen-bond donors (Lipinski definition) is 1. The first-order chi connectivity index (χ1) is 14.2. The van der Waals surface area contributed by atoms with E-state index in [1.807, 2.05) is 42.5 Å². The van der Waals surface area contributed by atoms with Crippen molar-refractivity contribution in [1.82, 2.24) is 4.90 Å². The summed E-state index contributed by atoms with van der Waals surface area (Å²) in [5.74, 6) is 3.00. The summed E-state index contributed by atoms with van der Waals surface area (Å²) in [6.45, 7) is 5.93. The van der Waals surface area contributed by atoms with Crippen molar-refractivity contribution in [3.8, 4) is 11.5 Å². The van der Waals surface area contributed by atoms with Crippen molar-refractivity contribution in [1.29, 1.82) is 0 Å². The van der Waals surface area contributed by atoms with Gasteiger partial charge in [0.25, 0.3) is 0 Å². The van der Waals surface area contributed by atoms with Crippen LogP contribution >= 0.6 is 0 Å². The summed E-state index contributed by atoms with van der Waals surface area (Å²) in [6, 6.07) is 13.7. The Morgan fingerprint density at radius 3 is 2.62 bits per heavy atom. The Labute approximate surface area is 172 Å². The molecule has 0 atom stereocenters. The van der Waals surface area contributed by atoms with E-state index in [0.717, 1.165) is 47.4 Å². The molecular weight excluding hydrogens is 362 g/mol. The van der Waals surface area contributed by atoms with E-state index in [4.69, 9.17) is 9.73 Å². The standard InChI is InChI=1S/C24H29N3O2/c1-3-27(4-2)24-19-16-18(25-23(28)15-17-9-5-6-10-17)13-14-21(19)29-22-12-8-7-11-20(22)26-24/h7-8,11-14,16-17H,3-6,9-10,15H2,1-2H3,(H,25,28). The van der Waals surface area contributed by atoms with Gasteiger partial charge in [0.05, 0.1) is 5.56 Å². The quantitative estimate of drug-likeness (QED) is 0.708. The normalized spacial score (nSPS) is 15.6. The topological polar surface area (TPSA) is 53.9 Å². The third kappa shape index (κ3) is 4.29. The molecule has 1 heterocycles. The Hall–Kier alpha value is -2.82. The van der Waals surface area contributed by atoms with E-state index < -0.39 is 0 Å². The molecule has 2 aliphatic rings. The highest BCUT2D eigenvalue weighted by atomic mass is 16.5. The van der Waals surface area contributed by atoms with Gasteiger partial charge in [-0.25, -0.2) is 4.99 Å². The fraction of sp³-hybridized carbons (Fsp3) is 0.417. The third-order valence-electron chi connectivity index (χ3n) is 5.83. The van der Waals surface area contributed by atoms with Gasteiger partial charge in [0.1, 0.15) is 17.3 Å². The van der Waals surface area contributed by atoms with Gasteiger partial charge in [0.2, 0.25) is 5.91 Å². The number of rotatable bonds is 5. The molecule has 2 aromatic carbocycles. The predicted octanol–water partition coefficient (Wildman–Crippen LogP) is 5.73. The molecule has 5 nitrogen and oxygen atoms in total. The Morgan fingerprint density at radius 1 is 1.10 bits per heavy atom. The van der Waals surface area contributed by atoms with Crippen molar-refractivity contribution >= 4 is 23.1 Å². The number of anilines is 1. The van der Waals surface area contributed by atoms with Crippen LogP contribution in [0.3, 0.4) is 0 Å². The Balaban J connectivity index is 1.65. The first-order valence-corrected chi connectivity index (χ1v) is 10.7. The van der Waals surface area contributed by atoms with E-state index >= 15 is 0 Å². The van der Waals surface area contributed by atoms with Crippen LogP contribution in [0.5, 0.6) is 11.5 Å². The number of hydrogen-bond acceptors (Lipinski definition) is 4.